The third kappa shape index (κ3) is 7.03. The molecule has 1 saturated carbocycles. The first-order chi connectivity index (χ1) is 18.7. The number of hydrogen-bond donors (Lipinski definition) is 1. The minimum Gasteiger partial charge on any atom is -0.486 e. The van der Waals surface area contributed by atoms with Gasteiger partial charge in [0.2, 0.25) is 21.8 Å². The predicted octanol–water partition coefficient (Wildman–Crippen LogP) is 3.79. The molecule has 0 bridgehead atoms. The molecule has 4 rings (SSSR count). The van der Waals surface area contributed by atoms with Gasteiger partial charge in [-0.25, -0.2) is 8.42 Å². The average molecular weight is 558 g/mol. The van der Waals surface area contributed by atoms with Gasteiger partial charge < -0.3 is 19.7 Å². The second-order valence-corrected chi connectivity index (χ2v) is 12.3. The molecule has 2 aromatic carbocycles. The quantitative estimate of drug-likeness (QED) is 0.451. The molecule has 2 aliphatic rings. The summed E-state index contributed by atoms with van der Waals surface area (Å²) in [5.41, 5.74) is 2.26. The first kappa shape index (κ1) is 28.7. The van der Waals surface area contributed by atoms with E-state index in [0.29, 0.717) is 36.8 Å². The summed E-state index contributed by atoms with van der Waals surface area (Å²) in [5.74, 6) is 0.124. The molecule has 1 unspecified atom stereocenters. The highest BCUT2D eigenvalue weighted by Crippen LogP contribution is 2.35. The summed E-state index contributed by atoms with van der Waals surface area (Å²) in [6.07, 6.45) is 4.42. The second kappa shape index (κ2) is 12.7. The van der Waals surface area contributed by atoms with E-state index >= 15 is 0 Å². The third-order valence-corrected chi connectivity index (χ3v) is 9.10. The maximum absolute atomic E-state index is 14.0. The van der Waals surface area contributed by atoms with Gasteiger partial charge in [-0.1, -0.05) is 49.6 Å². The van der Waals surface area contributed by atoms with Crippen LogP contribution in [0.4, 0.5) is 5.69 Å². The van der Waals surface area contributed by atoms with Crippen molar-refractivity contribution in [1.82, 2.24) is 10.2 Å². The van der Waals surface area contributed by atoms with Gasteiger partial charge in [-0.05, 0) is 50.8 Å². The van der Waals surface area contributed by atoms with E-state index in [1.807, 2.05) is 38.1 Å². The molecule has 0 radical (unpaired) electrons. The van der Waals surface area contributed by atoms with Gasteiger partial charge in [0.05, 0.1) is 11.4 Å². The Balaban J connectivity index is 1.64. The number of anilines is 1. The predicted molar refractivity (Wildman–Crippen MR) is 150 cm³/mol. The molecule has 1 aliphatic carbocycles. The van der Waals surface area contributed by atoms with Crippen LogP contribution < -0.4 is 19.1 Å². The molecule has 0 aromatic heterocycles. The Morgan fingerprint density at radius 3 is 2.31 bits per heavy atom. The highest BCUT2D eigenvalue weighted by atomic mass is 32.2. The van der Waals surface area contributed by atoms with Crippen molar-refractivity contribution in [3.63, 3.8) is 0 Å². The molecule has 1 N–H and O–H groups in total. The molecule has 1 atom stereocenters. The molecule has 212 valence electrons. The average Bonchev–Trinajstić information content (AvgIpc) is 3.45. The maximum atomic E-state index is 14.0. The fourth-order valence-electron chi connectivity index (χ4n) is 5.08. The lowest BCUT2D eigenvalue weighted by atomic mass is 10.1. The Bertz CT molecular complexity index is 1260. The molecule has 10 heteroatoms. The van der Waals surface area contributed by atoms with Crippen molar-refractivity contribution in [3.05, 3.63) is 53.6 Å². The van der Waals surface area contributed by atoms with Crippen molar-refractivity contribution >= 4 is 27.5 Å². The number of ether oxygens (including phenoxy) is 2. The van der Waals surface area contributed by atoms with Crippen molar-refractivity contribution in [2.75, 3.05) is 29.8 Å². The van der Waals surface area contributed by atoms with Gasteiger partial charge in [0.1, 0.15) is 25.8 Å². The van der Waals surface area contributed by atoms with Crippen LogP contribution in [0.2, 0.25) is 0 Å². The van der Waals surface area contributed by atoms with Gasteiger partial charge in [0.15, 0.2) is 11.5 Å². The normalized spacial score (nSPS) is 16.0. The van der Waals surface area contributed by atoms with E-state index in [1.165, 1.54) is 4.90 Å². The van der Waals surface area contributed by atoms with E-state index in [2.05, 4.69) is 5.32 Å². The van der Waals surface area contributed by atoms with Crippen molar-refractivity contribution < 1.29 is 27.5 Å². The number of benzene rings is 2. The zero-order valence-electron chi connectivity index (χ0n) is 23.0. The summed E-state index contributed by atoms with van der Waals surface area (Å²) in [6, 6.07) is 12.0. The van der Waals surface area contributed by atoms with Crippen LogP contribution in [0.3, 0.4) is 0 Å². The number of sulfonamides is 1. The minimum atomic E-state index is -3.83. The monoisotopic (exact) mass is 557 g/mol. The number of carbonyl (C=O) groups is 2. The smallest absolute Gasteiger partial charge is 0.244 e. The molecular weight excluding hydrogens is 518 g/mol. The molecule has 1 fully saturated rings. The fourth-order valence-corrected chi connectivity index (χ4v) is 6.14. The van der Waals surface area contributed by atoms with Crippen molar-refractivity contribution in [2.24, 2.45) is 0 Å². The molecule has 39 heavy (non-hydrogen) atoms. The Hall–Kier alpha value is -3.27. The van der Waals surface area contributed by atoms with E-state index in [1.54, 1.807) is 25.1 Å². The molecular formula is C29H39N3O6S. The van der Waals surface area contributed by atoms with E-state index in [4.69, 9.17) is 9.47 Å². The first-order valence-corrected chi connectivity index (χ1v) is 15.4. The largest absolute Gasteiger partial charge is 0.486 e. The number of carbonyl (C=O) groups excluding carboxylic acids is 2. The van der Waals surface area contributed by atoms with Gasteiger partial charge in [-0.2, -0.15) is 0 Å². The first-order valence-electron chi connectivity index (χ1n) is 13.8. The van der Waals surface area contributed by atoms with Crippen LogP contribution in [0, 0.1) is 6.92 Å². The Kier molecular flexibility index (Phi) is 9.37. The Morgan fingerprint density at radius 1 is 1.00 bits per heavy atom. The van der Waals surface area contributed by atoms with Crippen LogP contribution in [0.5, 0.6) is 11.5 Å². The lowest BCUT2D eigenvalue weighted by Crippen LogP contribution is -2.53. The lowest BCUT2D eigenvalue weighted by Gasteiger charge is -2.34. The summed E-state index contributed by atoms with van der Waals surface area (Å²) in [7, 11) is -3.83. The van der Waals surface area contributed by atoms with Crippen LogP contribution in [0.25, 0.3) is 0 Å². The van der Waals surface area contributed by atoms with E-state index in [0.717, 1.165) is 41.1 Å². The zero-order valence-corrected chi connectivity index (χ0v) is 23.8. The van der Waals surface area contributed by atoms with E-state index in [-0.39, 0.29) is 24.2 Å². The van der Waals surface area contributed by atoms with Gasteiger partial charge in [0.25, 0.3) is 0 Å². The van der Waals surface area contributed by atoms with Crippen molar-refractivity contribution in [3.8, 4) is 11.5 Å². The number of fused-ring (bicyclic) bond motifs is 1. The Morgan fingerprint density at radius 2 is 1.67 bits per heavy atom. The summed E-state index contributed by atoms with van der Waals surface area (Å²) in [4.78, 5) is 28.9. The van der Waals surface area contributed by atoms with Crippen LogP contribution >= 0.6 is 0 Å². The highest BCUT2D eigenvalue weighted by Gasteiger charge is 2.34. The van der Waals surface area contributed by atoms with Gasteiger partial charge >= 0.3 is 0 Å². The van der Waals surface area contributed by atoms with Crippen molar-refractivity contribution in [2.45, 2.75) is 71.5 Å². The van der Waals surface area contributed by atoms with Crippen LogP contribution in [0.1, 0.15) is 57.1 Å². The van der Waals surface area contributed by atoms with Gasteiger partial charge in [-0.3, -0.25) is 13.9 Å². The summed E-state index contributed by atoms with van der Waals surface area (Å²) in [6.45, 7) is 5.92. The number of nitrogens with zero attached hydrogens (tertiary/aromatic N) is 2. The maximum Gasteiger partial charge on any atom is 0.244 e. The number of aryl methyl sites for hydroxylation is 1. The lowest BCUT2D eigenvalue weighted by molar-refractivity contribution is -0.140. The van der Waals surface area contributed by atoms with Gasteiger partial charge in [-0.15, -0.1) is 0 Å². The molecule has 2 aromatic rings. The molecule has 9 nitrogen and oxygen atoms in total. The summed E-state index contributed by atoms with van der Waals surface area (Å²) in [5, 5.41) is 3.13. The number of nitrogens with one attached hydrogen (secondary N) is 1. The minimum absolute atomic E-state index is 0.109. The molecule has 2 amide bonds. The number of rotatable bonds is 11. The number of hydrogen-bond acceptors (Lipinski definition) is 6. The molecule has 0 spiro atoms. The van der Waals surface area contributed by atoms with Crippen LogP contribution in [-0.2, 0) is 26.2 Å². The SMILES string of the molecule is CCC(C(=O)NC1CCCC1)N(Cc1ccc(C)cc1)C(=O)CN(c1ccc2c(c1)OCCO2)S(=O)(=O)CC. The van der Waals surface area contributed by atoms with Crippen molar-refractivity contribution in [1.29, 1.82) is 0 Å². The number of amides is 2. The fraction of sp³-hybridized carbons (Fsp3) is 0.517. The molecule has 1 heterocycles. The zero-order chi connectivity index (χ0) is 28.0. The third-order valence-electron chi connectivity index (χ3n) is 7.35. The molecule has 1 aliphatic heterocycles. The van der Waals surface area contributed by atoms with E-state index < -0.39 is 28.5 Å². The van der Waals surface area contributed by atoms with Gasteiger partial charge in [0, 0.05) is 18.7 Å². The Labute approximate surface area is 231 Å². The topological polar surface area (TPSA) is 105 Å². The highest BCUT2D eigenvalue weighted by molar-refractivity contribution is 7.92. The van der Waals surface area contributed by atoms with Crippen LogP contribution in [-0.4, -0.2) is 62.7 Å². The van der Waals surface area contributed by atoms with E-state index in [9.17, 15) is 18.0 Å². The standard InChI is InChI=1S/C29H39N3O6S/c1-4-25(29(34)30-23-8-6-7-9-23)31(19-22-12-10-21(3)11-13-22)28(33)20-32(39(35,36)5-2)24-14-15-26-27(18-24)38-17-16-37-26/h10-15,18,23,25H,4-9,16-17,19-20H2,1-3H3,(H,30,34). The molecule has 0 saturated heterocycles. The van der Waals surface area contributed by atoms with Crippen LogP contribution in [0.15, 0.2) is 42.5 Å². The summed E-state index contributed by atoms with van der Waals surface area (Å²) < 4.78 is 38.8. The summed E-state index contributed by atoms with van der Waals surface area (Å²) >= 11 is 0. The second-order valence-electron chi connectivity index (χ2n) is 10.2.